The standard InChI is InChI=1S/C10H18N6O2/c1-7(10(18)15(2)3)12-9(17)8-6-16(5-4-11)14-13-8/h6-7H,4-5,11H2,1-3H3,(H,12,17). The molecule has 100 valence electrons. The predicted molar refractivity (Wildman–Crippen MR) is 64.7 cm³/mol. The molecule has 1 heterocycles. The van der Waals surface area contributed by atoms with Gasteiger partial charge in [-0.2, -0.15) is 0 Å². The molecular weight excluding hydrogens is 236 g/mol. The third-order valence-corrected chi connectivity index (χ3v) is 2.29. The Morgan fingerprint density at radius 1 is 1.56 bits per heavy atom. The summed E-state index contributed by atoms with van der Waals surface area (Å²) in [5.74, 6) is -0.612. The van der Waals surface area contributed by atoms with Gasteiger partial charge in [0, 0.05) is 20.6 Å². The van der Waals surface area contributed by atoms with Crippen LogP contribution in [0.4, 0.5) is 0 Å². The van der Waals surface area contributed by atoms with Crippen molar-refractivity contribution in [1.82, 2.24) is 25.2 Å². The lowest BCUT2D eigenvalue weighted by molar-refractivity contribution is -0.130. The number of hydrogen-bond acceptors (Lipinski definition) is 5. The molecule has 0 saturated heterocycles. The van der Waals surface area contributed by atoms with Crippen LogP contribution in [0.2, 0.25) is 0 Å². The fraction of sp³-hybridized carbons (Fsp3) is 0.600. The number of nitrogens with two attached hydrogens (primary N) is 1. The van der Waals surface area contributed by atoms with Gasteiger partial charge in [-0.15, -0.1) is 5.10 Å². The summed E-state index contributed by atoms with van der Waals surface area (Å²) in [5, 5.41) is 10.0. The highest BCUT2D eigenvalue weighted by atomic mass is 16.2. The van der Waals surface area contributed by atoms with Gasteiger partial charge in [0.25, 0.3) is 5.91 Å². The molecule has 1 rings (SSSR count). The lowest BCUT2D eigenvalue weighted by Crippen LogP contribution is -2.44. The Labute approximate surface area is 105 Å². The van der Waals surface area contributed by atoms with Gasteiger partial charge in [0.2, 0.25) is 5.91 Å². The van der Waals surface area contributed by atoms with Gasteiger partial charge in [0.15, 0.2) is 5.69 Å². The second-order valence-electron chi connectivity index (χ2n) is 4.08. The first-order valence-corrected chi connectivity index (χ1v) is 5.58. The maximum atomic E-state index is 11.8. The highest BCUT2D eigenvalue weighted by Gasteiger charge is 2.19. The minimum Gasteiger partial charge on any atom is -0.347 e. The minimum absolute atomic E-state index is 0.168. The van der Waals surface area contributed by atoms with E-state index in [1.165, 1.54) is 15.8 Å². The summed E-state index contributed by atoms with van der Waals surface area (Å²) in [5.41, 5.74) is 5.53. The smallest absolute Gasteiger partial charge is 0.274 e. The predicted octanol–water partition coefficient (Wildman–Crippen LogP) is -1.56. The van der Waals surface area contributed by atoms with Crippen LogP contribution in [0.15, 0.2) is 6.20 Å². The van der Waals surface area contributed by atoms with E-state index < -0.39 is 11.9 Å². The molecule has 0 saturated carbocycles. The molecule has 0 fully saturated rings. The van der Waals surface area contributed by atoms with Gasteiger partial charge in [-0.1, -0.05) is 5.21 Å². The van der Waals surface area contributed by atoms with E-state index in [2.05, 4.69) is 15.6 Å². The molecule has 0 spiro atoms. The van der Waals surface area contributed by atoms with Gasteiger partial charge in [-0.3, -0.25) is 14.3 Å². The zero-order valence-electron chi connectivity index (χ0n) is 10.8. The summed E-state index contributed by atoms with van der Waals surface area (Å²) < 4.78 is 1.48. The summed E-state index contributed by atoms with van der Waals surface area (Å²) in [6.07, 6.45) is 1.50. The van der Waals surface area contributed by atoms with E-state index in [-0.39, 0.29) is 11.6 Å². The summed E-state index contributed by atoms with van der Waals surface area (Å²) >= 11 is 0. The van der Waals surface area contributed by atoms with Crippen molar-refractivity contribution >= 4 is 11.8 Å². The number of nitrogens with zero attached hydrogens (tertiary/aromatic N) is 4. The second-order valence-corrected chi connectivity index (χ2v) is 4.08. The molecule has 8 nitrogen and oxygen atoms in total. The van der Waals surface area contributed by atoms with Gasteiger partial charge in [-0.25, -0.2) is 0 Å². The average Bonchev–Trinajstić information content (AvgIpc) is 2.77. The van der Waals surface area contributed by atoms with E-state index >= 15 is 0 Å². The maximum absolute atomic E-state index is 11.8. The molecule has 0 aliphatic heterocycles. The topological polar surface area (TPSA) is 106 Å². The zero-order valence-corrected chi connectivity index (χ0v) is 10.8. The summed E-state index contributed by atoms with van der Waals surface area (Å²) in [7, 11) is 3.25. The molecule has 0 aliphatic rings. The first-order valence-electron chi connectivity index (χ1n) is 5.58. The highest BCUT2D eigenvalue weighted by molar-refractivity contribution is 5.95. The molecule has 0 radical (unpaired) electrons. The molecule has 0 aliphatic carbocycles. The normalized spacial score (nSPS) is 12.0. The summed E-state index contributed by atoms with van der Waals surface area (Å²) in [4.78, 5) is 24.8. The Morgan fingerprint density at radius 2 is 2.22 bits per heavy atom. The molecule has 18 heavy (non-hydrogen) atoms. The number of hydrogen-bond donors (Lipinski definition) is 2. The van der Waals surface area contributed by atoms with Crippen LogP contribution in [0.5, 0.6) is 0 Å². The van der Waals surface area contributed by atoms with Crippen LogP contribution in [0.3, 0.4) is 0 Å². The lowest BCUT2D eigenvalue weighted by Gasteiger charge is -2.17. The Hall–Kier alpha value is -1.96. The molecule has 2 amide bonds. The fourth-order valence-corrected chi connectivity index (χ4v) is 1.36. The largest absolute Gasteiger partial charge is 0.347 e. The summed E-state index contributed by atoms with van der Waals surface area (Å²) in [6.45, 7) is 2.52. The van der Waals surface area contributed by atoms with Crippen molar-refractivity contribution in [1.29, 1.82) is 0 Å². The van der Waals surface area contributed by atoms with Crippen molar-refractivity contribution in [2.24, 2.45) is 5.73 Å². The number of carbonyl (C=O) groups is 2. The Kier molecular flexibility index (Phi) is 4.78. The quantitative estimate of drug-likeness (QED) is 0.661. The molecule has 1 atom stereocenters. The van der Waals surface area contributed by atoms with Crippen LogP contribution in [-0.4, -0.2) is 58.4 Å². The molecular formula is C10H18N6O2. The van der Waals surface area contributed by atoms with Gasteiger partial charge < -0.3 is 16.0 Å². The lowest BCUT2D eigenvalue weighted by atomic mass is 10.3. The minimum atomic E-state index is -0.604. The van der Waals surface area contributed by atoms with Crippen LogP contribution in [0.25, 0.3) is 0 Å². The number of rotatable bonds is 5. The monoisotopic (exact) mass is 254 g/mol. The van der Waals surface area contributed by atoms with Crippen molar-refractivity contribution in [3.8, 4) is 0 Å². The van der Waals surface area contributed by atoms with Gasteiger partial charge in [0.1, 0.15) is 6.04 Å². The molecule has 1 aromatic rings. The first kappa shape index (κ1) is 14.1. The second kappa shape index (κ2) is 6.10. The number of amides is 2. The van der Waals surface area contributed by atoms with Crippen LogP contribution < -0.4 is 11.1 Å². The molecule has 1 aromatic heterocycles. The number of likely N-dealkylation sites (N-methyl/N-ethyl adjacent to an activating group) is 1. The number of nitrogens with one attached hydrogen (secondary N) is 1. The highest BCUT2D eigenvalue weighted by Crippen LogP contribution is 1.96. The SMILES string of the molecule is CC(NC(=O)c1cn(CCN)nn1)C(=O)N(C)C. The van der Waals surface area contributed by atoms with Crippen molar-refractivity contribution < 1.29 is 9.59 Å². The molecule has 0 aromatic carbocycles. The third-order valence-electron chi connectivity index (χ3n) is 2.29. The summed E-state index contributed by atoms with van der Waals surface area (Å²) in [6, 6.07) is -0.604. The van der Waals surface area contributed by atoms with Gasteiger partial charge in [0.05, 0.1) is 12.7 Å². The van der Waals surface area contributed by atoms with E-state index in [0.717, 1.165) is 0 Å². The zero-order chi connectivity index (χ0) is 13.7. The number of carbonyl (C=O) groups excluding carboxylic acids is 2. The number of aromatic nitrogens is 3. The fourth-order valence-electron chi connectivity index (χ4n) is 1.36. The van der Waals surface area contributed by atoms with Gasteiger partial charge >= 0.3 is 0 Å². The Balaban J connectivity index is 2.61. The van der Waals surface area contributed by atoms with Crippen LogP contribution in [-0.2, 0) is 11.3 Å². The van der Waals surface area contributed by atoms with E-state index in [0.29, 0.717) is 13.1 Å². The molecule has 0 bridgehead atoms. The molecule has 3 N–H and O–H groups in total. The van der Waals surface area contributed by atoms with Crippen molar-refractivity contribution in [3.63, 3.8) is 0 Å². The third kappa shape index (κ3) is 3.52. The Morgan fingerprint density at radius 3 is 2.78 bits per heavy atom. The van der Waals surface area contributed by atoms with E-state index in [1.54, 1.807) is 21.0 Å². The van der Waals surface area contributed by atoms with E-state index in [1.807, 2.05) is 0 Å². The molecule has 1 unspecified atom stereocenters. The van der Waals surface area contributed by atoms with E-state index in [4.69, 9.17) is 5.73 Å². The maximum Gasteiger partial charge on any atom is 0.274 e. The van der Waals surface area contributed by atoms with Gasteiger partial charge in [-0.05, 0) is 6.92 Å². The van der Waals surface area contributed by atoms with E-state index in [9.17, 15) is 9.59 Å². The van der Waals surface area contributed by atoms with Crippen LogP contribution >= 0.6 is 0 Å². The average molecular weight is 254 g/mol. The van der Waals surface area contributed by atoms with Crippen molar-refractivity contribution in [3.05, 3.63) is 11.9 Å². The Bertz CT molecular complexity index is 428. The van der Waals surface area contributed by atoms with Crippen LogP contribution in [0, 0.1) is 0 Å². The molecule has 8 heteroatoms. The van der Waals surface area contributed by atoms with Crippen molar-refractivity contribution in [2.75, 3.05) is 20.6 Å². The first-order chi connectivity index (χ1) is 8.45. The van der Waals surface area contributed by atoms with Crippen molar-refractivity contribution in [2.45, 2.75) is 19.5 Å². The van der Waals surface area contributed by atoms with Crippen LogP contribution in [0.1, 0.15) is 17.4 Å².